The third-order valence-electron chi connectivity index (χ3n) is 2.13. The Morgan fingerprint density at radius 2 is 2.12 bits per heavy atom. The summed E-state index contributed by atoms with van der Waals surface area (Å²) in [5.74, 6) is 0.836. The Kier molecular flexibility index (Phi) is 6.53. The summed E-state index contributed by atoms with van der Waals surface area (Å²) in [5.41, 5.74) is 1.01. The summed E-state index contributed by atoms with van der Waals surface area (Å²) < 4.78 is 10.5. The van der Waals surface area contributed by atoms with Crippen molar-refractivity contribution in [2.75, 3.05) is 33.4 Å². The van der Waals surface area contributed by atoms with E-state index in [9.17, 15) is 0 Å². The standard InChI is InChI=1S/C12H20N2O2/c1-11-4-5-12(10-14-11)16-8-3-6-13-7-9-15-2/h4-5,10,13H,3,6-9H2,1-2H3. The molecule has 1 heterocycles. The molecule has 1 aromatic rings. The predicted octanol–water partition coefficient (Wildman–Crippen LogP) is 1.39. The molecule has 1 N–H and O–H groups in total. The molecule has 0 aliphatic heterocycles. The SMILES string of the molecule is COCCNCCCOc1ccc(C)nc1. The zero-order valence-electron chi connectivity index (χ0n) is 10.0. The van der Waals surface area contributed by atoms with Gasteiger partial charge in [-0.3, -0.25) is 4.98 Å². The van der Waals surface area contributed by atoms with Gasteiger partial charge in [-0.1, -0.05) is 0 Å². The molecule has 0 aromatic carbocycles. The Morgan fingerprint density at radius 3 is 2.81 bits per heavy atom. The first-order valence-electron chi connectivity index (χ1n) is 5.58. The second-order valence-electron chi connectivity index (χ2n) is 3.58. The summed E-state index contributed by atoms with van der Waals surface area (Å²) in [6.45, 7) is 5.27. The molecule has 0 aliphatic carbocycles. The third kappa shape index (κ3) is 5.68. The average molecular weight is 224 g/mol. The number of nitrogens with zero attached hydrogens (tertiary/aromatic N) is 1. The van der Waals surface area contributed by atoms with Crippen molar-refractivity contribution in [2.24, 2.45) is 0 Å². The summed E-state index contributed by atoms with van der Waals surface area (Å²) in [6, 6.07) is 3.90. The Labute approximate surface area is 97.0 Å². The van der Waals surface area contributed by atoms with Crippen LogP contribution in [-0.4, -0.2) is 38.4 Å². The van der Waals surface area contributed by atoms with Gasteiger partial charge in [0.15, 0.2) is 0 Å². The Hall–Kier alpha value is -1.13. The topological polar surface area (TPSA) is 43.4 Å². The number of hydrogen-bond acceptors (Lipinski definition) is 4. The highest BCUT2D eigenvalue weighted by Gasteiger charge is 1.93. The Morgan fingerprint density at radius 1 is 1.25 bits per heavy atom. The van der Waals surface area contributed by atoms with Crippen LogP contribution in [0.25, 0.3) is 0 Å². The van der Waals surface area contributed by atoms with Gasteiger partial charge in [-0.25, -0.2) is 0 Å². The van der Waals surface area contributed by atoms with Gasteiger partial charge in [0.05, 0.1) is 19.4 Å². The van der Waals surface area contributed by atoms with Crippen molar-refractivity contribution in [3.05, 3.63) is 24.0 Å². The van der Waals surface area contributed by atoms with E-state index in [-0.39, 0.29) is 0 Å². The van der Waals surface area contributed by atoms with Crippen LogP contribution in [0.15, 0.2) is 18.3 Å². The first kappa shape index (κ1) is 12.9. The van der Waals surface area contributed by atoms with Crippen LogP contribution in [0.4, 0.5) is 0 Å². The molecule has 0 fully saturated rings. The van der Waals surface area contributed by atoms with Crippen LogP contribution in [0, 0.1) is 6.92 Å². The van der Waals surface area contributed by atoms with E-state index in [4.69, 9.17) is 9.47 Å². The van der Waals surface area contributed by atoms with Gasteiger partial charge in [-0.05, 0) is 32.0 Å². The highest BCUT2D eigenvalue weighted by molar-refractivity contribution is 5.18. The number of rotatable bonds is 8. The Balaban J connectivity index is 2.01. The van der Waals surface area contributed by atoms with Crippen LogP contribution in [-0.2, 0) is 4.74 Å². The molecule has 0 atom stereocenters. The lowest BCUT2D eigenvalue weighted by molar-refractivity contribution is 0.198. The van der Waals surface area contributed by atoms with Gasteiger partial charge in [0.25, 0.3) is 0 Å². The molecule has 0 saturated heterocycles. The second kappa shape index (κ2) is 8.07. The third-order valence-corrected chi connectivity index (χ3v) is 2.13. The monoisotopic (exact) mass is 224 g/mol. The van der Waals surface area contributed by atoms with Crippen LogP contribution in [0.2, 0.25) is 0 Å². The molecule has 16 heavy (non-hydrogen) atoms. The van der Waals surface area contributed by atoms with Crippen LogP contribution in [0.3, 0.4) is 0 Å². The lowest BCUT2D eigenvalue weighted by atomic mass is 10.4. The maximum Gasteiger partial charge on any atom is 0.137 e. The maximum atomic E-state index is 5.53. The number of hydrogen-bond donors (Lipinski definition) is 1. The molecule has 0 amide bonds. The molecule has 0 saturated carbocycles. The van der Waals surface area contributed by atoms with Crippen molar-refractivity contribution in [1.82, 2.24) is 10.3 Å². The fourth-order valence-electron chi connectivity index (χ4n) is 1.23. The van der Waals surface area contributed by atoms with Gasteiger partial charge in [0, 0.05) is 19.3 Å². The highest BCUT2D eigenvalue weighted by Crippen LogP contribution is 2.08. The smallest absolute Gasteiger partial charge is 0.137 e. The normalized spacial score (nSPS) is 10.4. The van der Waals surface area contributed by atoms with Gasteiger partial charge in [-0.2, -0.15) is 0 Å². The van der Waals surface area contributed by atoms with E-state index in [0.717, 1.165) is 37.6 Å². The van der Waals surface area contributed by atoms with Crippen LogP contribution < -0.4 is 10.1 Å². The molecule has 0 radical (unpaired) electrons. The van der Waals surface area contributed by atoms with Crippen molar-refractivity contribution >= 4 is 0 Å². The minimum Gasteiger partial charge on any atom is -0.492 e. The maximum absolute atomic E-state index is 5.53. The lowest BCUT2D eigenvalue weighted by Gasteiger charge is -2.06. The predicted molar refractivity (Wildman–Crippen MR) is 63.8 cm³/mol. The molecule has 4 nitrogen and oxygen atoms in total. The Bertz CT molecular complexity index is 275. The molecule has 0 aliphatic rings. The van der Waals surface area contributed by atoms with E-state index in [1.807, 2.05) is 19.1 Å². The first-order chi connectivity index (χ1) is 7.83. The summed E-state index contributed by atoms with van der Waals surface area (Å²) in [6.07, 6.45) is 2.74. The summed E-state index contributed by atoms with van der Waals surface area (Å²) in [4.78, 5) is 4.16. The van der Waals surface area contributed by atoms with E-state index in [2.05, 4.69) is 10.3 Å². The number of aromatic nitrogens is 1. The molecule has 0 bridgehead atoms. The van der Waals surface area contributed by atoms with Crippen LogP contribution >= 0.6 is 0 Å². The molecular weight excluding hydrogens is 204 g/mol. The minimum atomic E-state index is 0.713. The minimum absolute atomic E-state index is 0.713. The molecule has 0 spiro atoms. The summed E-state index contributed by atoms with van der Waals surface area (Å²) in [7, 11) is 1.70. The fourth-order valence-corrected chi connectivity index (χ4v) is 1.23. The zero-order valence-corrected chi connectivity index (χ0v) is 10.0. The number of methoxy groups -OCH3 is 1. The van der Waals surface area contributed by atoms with Gasteiger partial charge in [0.2, 0.25) is 0 Å². The largest absolute Gasteiger partial charge is 0.492 e. The summed E-state index contributed by atoms with van der Waals surface area (Å²) >= 11 is 0. The van der Waals surface area contributed by atoms with Gasteiger partial charge in [0.1, 0.15) is 5.75 Å². The van der Waals surface area contributed by atoms with Crippen molar-refractivity contribution in [3.8, 4) is 5.75 Å². The first-order valence-corrected chi connectivity index (χ1v) is 5.58. The molecule has 0 unspecified atom stereocenters. The number of ether oxygens (including phenoxy) is 2. The van der Waals surface area contributed by atoms with E-state index in [1.165, 1.54) is 0 Å². The molecular formula is C12H20N2O2. The lowest BCUT2D eigenvalue weighted by Crippen LogP contribution is -2.21. The van der Waals surface area contributed by atoms with E-state index < -0.39 is 0 Å². The van der Waals surface area contributed by atoms with Crippen LogP contribution in [0.5, 0.6) is 5.75 Å². The summed E-state index contributed by atoms with van der Waals surface area (Å²) in [5, 5.41) is 3.26. The number of nitrogens with one attached hydrogen (secondary N) is 1. The van der Waals surface area contributed by atoms with Crippen molar-refractivity contribution in [2.45, 2.75) is 13.3 Å². The average Bonchev–Trinajstić information content (AvgIpc) is 2.30. The van der Waals surface area contributed by atoms with Gasteiger partial charge in [-0.15, -0.1) is 0 Å². The number of aryl methyl sites for hydroxylation is 1. The van der Waals surface area contributed by atoms with Gasteiger partial charge >= 0.3 is 0 Å². The zero-order chi connectivity index (χ0) is 11.6. The second-order valence-corrected chi connectivity index (χ2v) is 3.58. The molecule has 4 heteroatoms. The molecule has 1 aromatic heterocycles. The van der Waals surface area contributed by atoms with E-state index >= 15 is 0 Å². The fraction of sp³-hybridized carbons (Fsp3) is 0.583. The van der Waals surface area contributed by atoms with Crippen molar-refractivity contribution in [1.29, 1.82) is 0 Å². The number of pyridine rings is 1. The van der Waals surface area contributed by atoms with Crippen molar-refractivity contribution in [3.63, 3.8) is 0 Å². The quantitative estimate of drug-likeness (QED) is 0.678. The molecule has 90 valence electrons. The molecule has 1 rings (SSSR count). The van der Waals surface area contributed by atoms with Crippen LogP contribution in [0.1, 0.15) is 12.1 Å². The van der Waals surface area contributed by atoms with E-state index in [0.29, 0.717) is 6.61 Å². The van der Waals surface area contributed by atoms with E-state index in [1.54, 1.807) is 13.3 Å². The van der Waals surface area contributed by atoms with Crippen molar-refractivity contribution < 1.29 is 9.47 Å². The highest BCUT2D eigenvalue weighted by atomic mass is 16.5. The van der Waals surface area contributed by atoms with Gasteiger partial charge < -0.3 is 14.8 Å².